The summed E-state index contributed by atoms with van der Waals surface area (Å²) in [5.74, 6) is 0.705. The highest BCUT2D eigenvalue weighted by Gasteiger charge is 2.17. The molecule has 114 valence electrons. The second kappa shape index (κ2) is 7.55. The van der Waals surface area contributed by atoms with E-state index in [9.17, 15) is 4.79 Å². The molecule has 0 amide bonds. The number of aliphatic hydroxyl groups excluding tert-OH is 1. The van der Waals surface area contributed by atoms with Gasteiger partial charge in [0, 0.05) is 31.5 Å². The van der Waals surface area contributed by atoms with Crippen molar-refractivity contribution in [3.05, 3.63) is 27.9 Å². The molecule has 0 aliphatic carbocycles. The SMILES string of the molecule is CCc1cc(=O)[nH]c(CN(CCCO)CC(C)(C)C)n1. The summed E-state index contributed by atoms with van der Waals surface area (Å²) in [4.78, 5) is 21.1. The maximum Gasteiger partial charge on any atom is 0.251 e. The van der Waals surface area contributed by atoms with Crippen LogP contribution in [0.3, 0.4) is 0 Å². The summed E-state index contributed by atoms with van der Waals surface area (Å²) >= 11 is 0. The highest BCUT2D eigenvalue weighted by molar-refractivity contribution is 5.02. The first-order chi connectivity index (χ1) is 9.34. The molecule has 0 radical (unpaired) electrons. The number of aliphatic hydroxyl groups is 1. The Balaban J connectivity index is 2.82. The Morgan fingerprint density at radius 1 is 1.40 bits per heavy atom. The van der Waals surface area contributed by atoms with Crippen LogP contribution in [0.4, 0.5) is 0 Å². The van der Waals surface area contributed by atoms with Gasteiger partial charge in [-0.3, -0.25) is 9.69 Å². The predicted octanol–water partition coefficient (Wildman–Crippen LogP) is 1.56. The Hall–Kier alpha value is -1.20. The van der Waals surface area contributed by atoms with E-state index >= 15 is 0 Å². The summed E-state index contributed by atoms with van der Waals surface area (Å²) in [5, 5.41) is 9.01. The molecular weight excluding hydrogens is 254 g/mol. The third-order valence-corrected chi connectivity index (χ3v) is 2.91. The van der Waals surface area contributed by atoms with Gasteiger partial charge in [-0.05, 0) is 18.3 Å². The smallest absolute Gasteiger partial charge is 0.251 e. The molecule has 5 nitrogen and oxygen atoms in total. The zero-order chi connectivity index (χ0) is 15.2. The number of nitrogens with zero attached hydrogens (tertiary/aromatic N) is 2. The number of aryl methyl sites for hydroxylation is 1. The van der Waals surface area contributed by atoms with E-state index in [1.54, 1.807) is 6.07 Å². The summed E-state index contributed by atoms with van der Waals surface area (Å²) in [6.45, 7) is 11.0. The van der Waals surface area contributed by atoms with Crippen molar-refractivity contribution in [1.82, 2.24) is 14.9 Å². The molecule has 1 aromatic rings. The third-order valence-electron chi connectivity index (χ3n) is 2.91. The fourth-order valence-electron chi connectivity index (χ4n) is 2.21. The Morgan fingerprint density at radius 2 is 2.10 bits per heavy atom. The highest BCUT2D eigenvalue weighted by atomic mass is 16.3. The quantitative estimate of drug-likeness (QED) is 0.796. The van der Waals surface area contributed by atoms with Crippen LogP contribution in [0.15, 0.2) is 10.9 Å². The summed E-state index contributed by atoms with van der Waals surface area (Å²) in [6, 6.07) is 1.55. The molecule has 0 fully saturated rings. The van der Waals surface area contributed by atoms with E-state index in [1.807, 2.05) is 6.92 Å². The van der Waals surface area contributed by atoms with Crippen LogP contribution in [0.5, 0.6) is 0 Å². The minimum atomic E-state index is -0.0929. The van der Waals surface area contributed by atoms with Gasteiger partial charge in [0.1, 0.15) is 5.82 Å². The standard InChI is InChI=1S/C15H27N3O2/c1-5-12-9-14(20)17-13(16-12)10-18(7-6-8-19)11-15(2,3)4/h9,19H,5-8,10-11H2,1-4H3,(H,16,17,20). The van der Waals surface area contributed by atoms with E-state index in [4.69, 9.17) is 5.11 Å². The molecule has 0 aliphatic heterocycles. The van der Waals surface area contributed by atoms with Crippen molar-refractivity contribution in [3.8, 4) is 0 Å². The number of aromatic nitrogens is 2. The molecule has 0 saturated heterocycles. The Bertz CT molecular complexity index is 463. The maximum absolute atomic E-state index is 11.6. The minimum absolute atomic E-state index is 0.0929. The van der Waals surface area contributed by atoms with Gasteiger partial charge in [0.25, 0.3) is 5.56 Å². The predicted molar refractivity (Wildman–Crippen MR) is 80.7 cm³/mol. The zero-order valence-electron chi connectivity index (χ0n) is 13.1. The first-order valence-corrected chi connectivity index (χ1v) is 7.26. The molecular formula is C15H27N3O2. The van der Waals surface area contributed by atoms with Gasteiger partial charge < -0.3 is 10.1 Å². The molecule has 1 rings (SSSR count). The van der Waals surface area contributed by atoms with Gasteiger partial charge in [0.2, 0.25) is 0 Å². The zero-order valence-corrected chi connectivity index (χ0v) is 13.1. The molecule has 0 aliphatic rings. The number of rotatable bonds is 7. The van der Waals surface area contributed by atoms with Crippen molar-refractivity contribution >= 4 is 0 Å². The Labute approximate surface area is 121 Å². The lowest BCUT2D eigenvalue weighted by Gasteiger charge is -2.29. The molecule has 20 heavy (non-hydrogen) atoms. The Morgan fingerprint density at radius 3 is 2.65 bits per heavy atom. The van der Waals surface area contributed by atoms with Crippen molar-refractivity contribution in [3.63, 3.8) is 0 Å². The first kappa shape index (κ1) is 16.9. The van der Waals surface area contributed by atoms with Crippen LogP contribution < -0.4 is 5.56 Å². The maximum atomic E-state index is 11.6. The molecule has 0 unspecified atom stereocenters. The van der Waals surface area contributed by atoms with Gasteiger partial charge in [-0.2, -0.15) is 0 Å². The first-order valence-electron chi connectivity index (χ1n) is 7.26. The average molecular weight is 281 g/mol. The fourth-order valence-corrected chi connectivity index (χ4v) is 2.21. The molecule has 1 aromatic heterocycles. The third kappa shape index (κ3) is 6.30. The Kier molecular flexibility index (Phi) is 6.36. The van der Waals surface area contributed by atoms with Gasteiger partial charge in [-0.15, -0.1) is 0 Å². The van der Waals surface area contributed by atoms with E-state index in [1.165, 1.54) is 0 Å². The van der Waals surface area contributed by atoms with Gasteiger partial charge >= 0.3 is 0 Å². The fraction of sp³-hybridized carbons (Fsp3) is 0.733. The highest BCUT2D eigenvalue weighted by Crippen LogP contribution is 2.16. The second-order valence-corrected chi connectivity index (χ2v) is 6.39. The monoisotopic (exact) mass is 281 g/mol. The van der Waals surface area contributed by atoms with Crippen LogP contribution in [0.2, 0.25) is 0 Å². The van der Waals surface area contributed by atoms with Gasteiger partial charge in [-0.1, -0.05) is 27.7 Å². The number of hydrogen-bond donors (Lipinski definition) is 2. The van der Waals surface area contributed by atoms with Crippen molar-refractivity contribution in [2.24, 2.45) is 5.41 Å². The topological polar surface area (TPSA) is 69.2 Å². The molecule has 0 aromatic carbocycles. The van der Waals surface area contributed by atoms with E-state index in [-0.39, 0.29) is 17.6 Å². The minimum Gasteiger partial charge on any atom is -0.396 e. The van der Waals surface area contributed by atoms with Gasteiger partial charge in [0.15, 0.2) is 0 Å². The van der Waals surface area contributed by atoms with E-state index in [0.717, 1.165) is 31.6 Å². The molecule has 0 bridgehead atoms. The second-order valence-electron chi connectivity index (χ2n) is 6.39. The summed E-state index contributed by atoms with van der Waals surface area (Å²) in [5.41, 5.74) is 0.893. The van der Waals surface area contributed by atoms with Crippen LogP contribution in [0.1, 0.15) is 45.6 Å². The molecule has 1 heterocycles. The summed E-state index contributed by atoms with van der Waals surface area (Å²) in [7, 11) is 0. The average Bonchev–Trinajstić information content (AvgIpc) is 2.33. The van der Waals surface area contributed by atoms with Crippen molar-refractivity contribution in [2.45, 2.75) is 47.1 Å². The van der Waals surface area contributed by atoms with Crippen molar-refractivity contribution < 1.29 is 5.11 Å². The summed E-state index contributed by atoms with van der Waals surface area (Å²) in [6.07, 6.45) is 1.49. The van der Waals surface area contributed by atoms with Crippen LogP contribution in [0, 0.1) is 5.41 Å². The van der Waals surface area contributed by atoms with Crippen molar-refractivity contribution in [2.75, 3.05) is 19.7 Å². The van der Waals surface area contributed by atoms with E-state index in [2.05, 4.69) is 35.6 Å². The largest absolute Gasteiger partial charge is 0.396 e. The number of aromatic amines is 1. The molecule has 2 N–H and O–H groups in total. The van der Waals surface area contributed by atoms with Crippen LogP contribution in [-0.4, -0.2) is 39.7 Å². The molecule has 0 atom stereocenters. The number of H-pyrrole nitrogens is 1. The van der Waals surface area contributed by atoms with Crippen LogP contribution in [0.25, 0.3) is 0 Å². The molecule has 5 heteroatoms. The van der Waals surface area contributed by atoms with E-state index in [0.29, 0.717) is 12.4 Å². The van der Waals surface area contributed by atoms with Crippen molar-refractivity contribution in [1.29, 1.82) is 0 Å². The molecule has 0 saturated carbocycles. The van der Waals surface area contributed by atoms with Gasteiger partial charge in [-0.25, -0.2) is 4.98 Å². The molecule has 0 spiro atoms. The lowest BCUT2D eigenvalue weighted by Crippen LogP contribution is -2.34. The van der Waals surface area contributed by atoms with E-state index < -0.39 is 0 Å². The lowest BCUT2D eigenvalue weighted by molar-refractivity contribution is 0.162. The van der Waals surface area contributed by atoms with Crippen LogP contribution >= 0.6 is 0 Å². The normalized spacial score (nSPS) is 12.1. The summed E-state index contributed by atoms with van der Waals surface area (Å²) < 4.78 is 0. The van der Waals surface area contributed by atoms with Crippen LogP contribution in [-0.2, 0) is 13.0 Å². The number of nitrogens with one attached hydrogen (secondary N) is 1. The number of hydrogen-bond acceptors (Lipinski definition) is 4. The lowest BCUT2D eigenvalue weighted by atomic mass is 9.96. The van der Waals surface area contributed by atoms with Gasteiger partial charge in [0.05, 0.1) is 6.54 Å².